The van der Waals surface area contributed by atoms with Crippen LogP contribution in [0.2, 0.25) is 0 Å². The van der Waals surface area contributed by atoms with Crippen molar-refractivity contribution < 1.29 is 14.3 Å². The summed E-state index contributed by atoms with van der Waals surface area (Å²) in [5, 5.41) is 3.05. The molecule has 2 aromatic rings. The summed E-state index contributed by atoms with van der Waals surface area (Å²) in [5.41, 5.74) is 11.7. The number of para-hydroxylation sites is 1. The van der Waals surface area contributed by atoms with E-state index in [1.54, 1.807) is 12.1 Å². The van der Waals surface area contributed by atoms with E-state index in [0.717, 1.165) is 11.3 Å². The molecule has 1 fully saturated rings. The van der Waals surface area contributed by atoms with Crippen LogP contribution in [0, 0.1) is 0 Å². The van der Waals surface area contributed by atoms with E-state index in [0.29, 0.717) is 18.8 Å². The minimum atomic E-state index is -0.692. The summed E-state index contributed by atoms with van der Waals surface area (Å²) in [7, 11) is 0. The van der Waals surface area contributed by atoms with Gasteiger partial charge in [-0.05, 0) is 29.8 Å². The van der Waals surface area contributed by atoms with Crippen LogP contribution in [0.3, 0.4) is 0 Å². The second kappa shape index (κ2) is 7.23. The summed E-state index contributed by atoms with van der Waals surface area (Å²) >= 11 is 0. The van der Waals surface area contributed by atoms with Crippen molar-refractivity contribution in [3.8, 4) is 11.5 Å². The van der Waals surface area contributed by atoms with Crippen molar-refractivity contribution in [1.82, 2.24) is 10.2 Å². The normalized spacial score (nSPS) is 20.1. The lowest BCUT2D eigenvalue weighted by Gasteiger charge is -2.40. The minimum absolute atomic E-state index is 0.409. The molecule has 1 aliphatic rings. The molecule has 1 saturated heterocycles. The molecule has 0 spiro atoms. The Morgan fingerprint density at radius 1 is 1.00 bits per heavy atom. The highest BCUT2D eigenvalue weighted by molar-refractivity contribution is 5.83. The lowest BCUT2D eigenvalue weighted by molar-refractivity contribution is -0.122. The van der Waals surface area contributed by atoms with Gasteiger partial charge in [0.25, 0.3) is 0 Å². The summed E-state index contributed by atoms with van der Waals surface area (Å²) < 4.78 is 5.76. The molecule has 2 unspecified atom stereocenters. The second-order valence-electron chi connectivity index (χ2n) is 5.79. The predicted octanol–water partition coefficient (Wildman–Crippen LogP) is 1.36. The summed E-state index contributed by atoms with van der Waals surface area (Å²) in [6.07, 6.45) is 0. The lowest BCUT2D eigenvalue weighted by Crippen LogP contribution is -2.60. The van der Waals surface area contributed by atoms with Gasteiger partial charge in [-0.2, -0.15) is 0 Å². The molecular weight excluding hydrogens is 320 g/mol. The summed E-state index contributed by atoms with van der Waals surface area (Å²) in [5.74, 6) is 0.851. The standard InChI is InChI=1S/C18H20N4O3/c19-17(23)15-16(22(18(20)24)11-10-21-15)12-6-8-14(9-7-12)25-13-4-2-1-3-5-13/h1-9,15-16,21H,10-11H2,(H2,19,23)(H2,20,24). The quantitative estimate of drug-likeness (QED) is 0.780. The van der Waals surface area contributed by atoms with E-state index in [1.807, 2.05) is 42.5 Å². The van der Waals surface area contributed by atoms with Gasteiger partial charge in [0.05, 0.1) is 6.04 Å². The molecule has 3 amide bonds. The molecule has 1 aliphatic heterocycles. The average molecular weight is 340 g/mol. The predicted molar refractivity (Wildman–Crippen MR) is 93.0 cm³/mol. The Bertz CT molecular complexity index is 727. The zero-order chi connectivity index (χ0) is 17.8. The van der Waals surface area contributed by atoms with Gasteiger partial charge in [0, 0.05) is 13.1 Å². The SMILES string of the molecule is NC(=O)C1NCCN(C(N)=O)C1c1ccc(Oc2ccccc2)cc1. The number of nitrogens with zero attached hydrogens (tertiary/aromatic N) is 1. The van der Waals surface area contributed by atoms with Gasteiger partial charge in [-0.15, -0.1) is 0 Å². The third-order valence-corrected chi connectivity index (χ3v) is 4.16. The Morgan fingerprint density at radius 2 is 1.64 bits per heavy atom. The molecule has 5 N–H and O–H groups in total. The number of ether oxygens (including phenoxy) is 1. The molecule has 0 radical (unpaired) electrons. The summed E-state index contributed by atoms with van der Waals surface area (Å²) in [4.78, 5) is 25.0. The van der Waals surface area contributed by atoms with E-state index in [-0.39, 0.29) is 0 Å². The van der Waals surface area contributed by atoms with E-state index in [2.05, 4.69) is 5.32 Å². The van der Waals surface area contributed by atoms with Crippen LogP contribution in [0.25, 0.3) is 0 Å². The van der Waals surface area contributed by atoms with Gasteiger partial charge in [-0.25, -0.2) is 4.79 Å². The molecule has 25 heavy (non-hydrogen) atoms. The Hall–Kier alpha value is -3.06. The van der Waals surface area contributed by atoms with Crippen molar-refractivity contribution in [3.05, 3.63) is 60.2 Å². The number of hydrogen-bond donors (Lipinski definition) is 3. The first kappa shape index (κ1) is 16.8. The van der Waals surface area contributed by atoms with Crippen molar-refractivity contribution in [2.45, 2.75) is 12.1 Å². The Morgan fingerprint density at radius 3 is 2.24 bits per heavy atom. The van der Waals surface area contributed by atoms with E-state index in [9.17, 15) is 9.59 Å². The van der Waals surface area contributed by atoms with Crippen molar-refractivity contribution in [2.75, 3.05) is 13.1 Å². The minimum Gasteiger partial charge on any atom is -0.457 e. The van der Waals surface area contributed by atoms with E-state index in [4.69, 9.17) is 16.2 Å². The van der Waals surface area contributed by atoms with Gasteiger partial charge in [-0.1, -0.05) is 30.3 Å². The largest absolute Gasteiger partial charge is 0.457 e. The van der Waals surface area contributed by atoms with E-state index in [1.165, 1.54) is 4.90 Å². The Balaban J connectivity index is 1.85. The van der Waals surface area contributed by atoms with Crippen LogP contribution in [0.1, 0.15) is 11.6 Å². The molecule has 2 aromatic carbocycles. The summed E-state index contributed by atoms with van der Waals surface area (Å²) in [6.45, 7) is 0.869. The molecular formula is C18H20N4O3. The van der Waals surface area contributed by atoms with Gasteiger partial charge in [0.15, 0.2) is 0 Å². The van der Waals surface area contributed by atoms with Gasteiger partial charge < -0.3 is 26.4 Å². The van der Waals surface area contributed by atoms with Crippen molar-refractivity contribution in [2.24, 2.45) is 11.5 Å². The average Bonchev–Trinajstić information content (AvgIpc) is 2.62. The van der Waals surface area contributed by atoms with Crippen LogP contribution in [0.4, 0.5) is 4.79 Å². The first-order valence-electron chi connectivity index (χ1n) is 7.98. The molecule has 0 saturated carbocycles. The maximum Gasteiger partial charge on any atom is 0.315 e. The fourth-order valence-electron chi connectivity index (χ4n) is 3.00. The zero-order valence-corrected chi connectivity index (χ0v) is 13.6. The molecule has 2 atom stereocenters. The van der Waals surface area contributed by atoms with Crippen LogP contribution in [0.5, 0.6) is 11.5 Å². The number of amides is 3. The Kier molecular flexibility index (Phi) is 4.85. The number of urea groups is 1. The number of rotatable bonds is 4. The third kappa shape index (κ3) is 3.72. The fraction of sp³-hybridized carbons (Fsp3) is 0.222. The number of carbonyl (C=O) groups is 2. The molecule has 0 aliphatic carbocycles. The molecule has 7 nitrogen and oxygen atoms in total. The monoisotopic (exact) mass is 340 g/mol. The van der Waals surface area contributed by atoms with Gasteiger partial charge in [0.2, 0.25) is 5.91 Å². The highest BCUT2D eigenvalue weighted by Gasteiger charge is 2.37. The first-order valence-corrected chi connectivity index (χ1v) is 7.98. The molecule has 1 heterocycles. The highest BCUT2D eigenvalue weighted by atomic mass is 16.5. The van der Waals surface area contributed by atoms with Gasteiger partial charge in [-0.3, -0.25) is 4.79 Å². The maximum absolute atomic E-state index is 11.8. The molecule has 0 aromatic heterocycles. The third-order valence-electron chi connectivity index (χ3n) is 4.16. The maximum atomic E-state index is 11.8. The van der Waals surface area contributed by atoms with Crippen LogP contribution in [-0.2, 0) is 4.79 Å². The zero-order valence-electron chi connectivity index (χ0n) is 13.6. The number of nitrogens with one attached hydrogen (secondary N) is 1. The van der Waals surface area contributed by atoms with Crippen molar-refractivity contribution in [3.63, 3.8) is 0 Å². The molecule has 3 rings (SSSR count). The van der Waals surface area contributed by atoms with Crippen LogP contribution in [0.15, 0.2) is 54.6 Å². The fourth-order valence-corrected chi connectivity index (χ4v) is 3.00. The molecule has 7 heteroatoms. The summed E-state index contributed by atoms with van der Waals surface area (Å²) in [6, 6.07) is 14.8. The molecule has 130 valence electrons. The number of piperazine rings is 1. The number of carbonyl (C=O) groups excluding carboxylic acids is 2. The van der Waals surface area contributed by atoms with Gasteiger partial charge in [0.1, 0.15) is 17.5 Å². The number of hydrogen-bond acceptors (Lipinski definition) is 4. The van der Waals surface area contributed by atoms with Crippen LogP contribution in [-0.4, -0.2) is 36.0 Å². The second-order valence-corrected chi connectivity index (χ2v) is 5.79. The highest BCUT2D eigenvalue weighted by Crippen LogP contribution is 2.29. The lowest BCUT2D eigenvalue weighted by atomic mass is 9.95. The molecule has 0 bridgehead atoms. The van der Waals surface area contributed by atoms with Gasteiger partial charge >= 0.3 is 6.03 Å². The number of primary amides is 2. The first-order chi connectivity index (χ1) is 12.1. The smallest absolute Gasteiger partial charge is 0.315 e. The van der Waals surface area contributed by atoms with E-state index >= 15 is 0 Å². The Labute approximate surface area is 145 Å². The number of benzene rings is 2. The van der Waals surface area contributed by atoms with Crippen molar-refractivity contribution >= 4 is 11.9 Å². The number of nitrogens with two attached hydrogens (primary N) is 2. The topological polar surface area (TPSA) is 111 Å². The van der Waals surface area contributed by atoms with Crippen molar-refractivity contribution in [1.29, 1.82) is 0 Å². The van der Waals surface area contributed by atoms with Crippen LogP contribution >= 0.6 is 0 Å². The van der Waals surface area contributed by atoms with Crippen LogP contribution < -0.4 is 21.5 Å². The van der Waals surface area contributed by atoms with E-state index < -0.39 is 24.0 Å².